The number of nitrogens with two attached hydrogens (primary N) is 1. The lowest BCUT2D eigenvalue weighted by atomic mass is 10.1. The summed E-state index contributed by atoms with van der Waals surface area (Å²) in [5, 5.41) is 8.90. The molecule has 0 saturated heterocycles. The molecule has 0 bridgehead atoms. The topological polar surface area (TPSA) is 76.2 Å². The molecule has 0 radical (unpaired) electrons. The Hall–Kier alpha value is -1.39. The number of aromatic carboxylic acids is 1. The predicted molar refractivity (Wildman–Crippen MR) is 53.3 cm³/mol. The van der Waals surface area contributed by atoms with Crippen molar-refractivity contribution < 1.29 is 9.90 Å². The molecular formula is C9H9ClN2O2. The van der Waals surface area contributed by atoms with Crippen LogP contribution in [0.1, 0.15) is 22.0 Å². The first-order valence-electron chi connectivity index (χ1n) is 3.83. The Morgan fingerprint density at radius 2 is 2.43 bits per heavy atom. The summed E-state index contributed by atoms with van der Waals surface area (Å²) in [6.07, 6.45) is 2.65. The largest absolute Gasteiger partial charge is 0.478 e. The predicted octanol–water partition coefficient (Wildman–Crippen LogP) is 1.62. The average Bonchev–Trinajstić information content (AvgIpc) is 2.17. The zero-order valence-corrected chi connectivity index (χ0v) is 8.03. The average molecular weight is 213 g/mol. The van der Waals surface area contributed by atoms with Crippen molar-refractivity contribution in [1.82, 2.24) is 4.98 Å². The van der Waals surface area contributed by atoms with Gasteiger partial charge in [0.2, 0.25) is 0 Å². The zero-order chi connectivity index (χ0) is 10.7. The number of hydrogen-bond acceptors (Lipinski definition) is 3. The van der Waals surface area contributed by atoms with Crippen LogP contribution in [0.4, 0.5) is 0 Å². The summed E-state index contributed by atoms with van der Waals surface area (Å²) in [7, 11) is 0. The lowest BCUT2D eigenvalue weighted by Gasteiger charge is -2.08. The van der Waals surface area contributed by atoms with Gasteiger partial charge in [0.05, 0.1) is 11.6 Å². The summed E-state index contributed by atoms with van der Waals surface area (Å²) in [5.41, 5.74) is 6.15. The number of carbonyl (C=O) groups is 1. The van der Waals surface area contributed by atoms with Crippen LogP contribution in [-0.4, -0.2) is 16.1 Å². The Bertz CT molecular complexity index is 379. The fraction of sp³-hybridized carbons (Fsp3) is 0.111. The molecule has 1 atom stereocenters. The molecule has 74 valence electrons. The van der Waals surface area contributed by atoms with E-state index in [0.29, 0.717) is 5.56 Å². The third kappa shape index (κ3) is 2.10. The highest BCUT2D eigenvalue weighted by Crippen LogP contribution is 2.20. The second-order valence-corrected chi connectivity index (χ2v) is 3.03. The number of carboxylic acids is 1. The molecule has 0 aromatic carbocycles. The van der Waals surface area contributed by atoms with E-state index in [2.05, 4.69) is 11.6 Å². The minimum atomic E-state index is -1.06. The number of halogens is 1. The lowest BCUT2D eigenvalue weighted by Crippen LogP contribution is -2.10. The van der Waals surface area contributed by atoms with Crippen molar-refractivity contribution in [3.8, 4) is 0 Å². The molecule has 1 aromatic heterocycles. The van der Waals surface area contributed by atoms with Crippen molar-refractivity contribution in [3.05, 3.63) is 41.2 Å². The molecule has 4 nitrogen and oxygen atoms in total. The summed E-state index contributed by atoms with van der Waals surface area (Å²) < 4.78 is 0. The van der Waals surface area contributed by atoms with Gasteiger partial charge in [0.15, 0.2) is 0 Å². The van der Waals surface area contributed by atoms with E-state index in [1.165, 1.54) is 18.3 Å². The number of rotatable bonds is 3. The molecule has 1 unspecified atom stereocenters. The van der Waals surface area contributed by atoms with Crippen LogP contribution in [0.25, 0.3) is 0 Å². The molecule has 0 saturated carbocycles. The van der Waals surface area contributed by atoms with Gasteiger partial charge >= 0.3 is 5.97 Å². The van der Waals surface area contributed by atoms with Gasteiger partial charge in [-0.3, -0.25) is 0 Å². The standard InChI is InChI=1S/C9H9ClN2O2/c1-2-7(11)6-3-5(9(13)14)4-12-8(6)10/h2-4,7H,1,11H2,(H,13,14). The maximum atomic E-state index is 10.6. The summed E-state index contributed by atoms with van der Waals surface area (Å²) in [6.45, 7) is 3.49. The van der Waals surface area contributed by atoms with Gasteiger partial charge in [0, 0.05) is 11.8 Å². The molecule has 1 aromatic rings. The van der Waals surface area contributed by atoms with Crippen LogP contribution >= 0.6 is 11.6 Å². The van der Waals surface area contributed by atoms with E-state index in [4.69, 9.17) is 22.4 Å². The van der Waals surface area contributed by atoms with Crippen molar-refractivity contribution in [2.45, 2.75) is 6.04 Å². The Labute approximate surface area is 86.0 Å². The Balaban J connectivity index is 3.20. The fourth-order valence-corrected chi connectivity index (χ4v) is 1.17. The molecule has 5 heteroatoms. The highest BCUT2D eigenvalue weighted by atomic mass is 35.5. The Kier molecular flexibility index (Phi) is 3.22. The summed E-state index contributed by atoms with van der Waals surface area (Å²) in [6, 6.07) is 0.888. The summed E-state index contributed by atoms with van der Waals surface area (Å²) in [4.78, 5) is 14.4. The first-order chi connectivity index (χ1) is 6.56. The minimum Gasteiger partial charge on any atom is -0.478 e. The Morgan fingerprint density at radius 1 is 1.79 bits per heavy atom. The van der Waals surface area contributed by atoms with Gasteiger partial charge in [-0.25, -0.2) is 9.78 Å². The number of nitrogens with zero attached hydrogens (tertiary/aromatic N) is 1. The maximum Gasteiger partial charge on any atom is 0.337 e. The van der Waals surface area contributed by atoms with E-state index in [1.807, 2.05) is 0 Å². The monoisotopic (exact) mass is 212 g/mol. The van der Waals surface area contributed by atoms with Gasteiger partial charge in [-0.2, -0.15) is 0 Å². The molecule has 0 aliphatic heterocycles. The van der Waals surface area contributed by atoms with Crippen LogP contribution < -0.4 is 5.73 Å². The van der Waals surface area contributed by atoms with Gasteiger partial charge in [-0.15, -0.1) is 6.58 Å². The van der Waals surface area contributed by atoms with Crippen molar-refractivity contribution >= 4 is 17.6 Å². The van der Waals surface area contributed by atoms with Crippen molar-refractivity contribution in [2.75, 3.05) is 0 Å². The first kappa shape index (κ1) is 10.7. The zero-order valence-electron chi connectivity index (χ0n) is 7.27. The van der Waals surface area contributed by atoms with Crippen LogP contribution in [0, 0.1) is 0 Å². The fourth-order valence-electron chi connectivity index (χ4n) is 0.943. The van der Waals surface area contributed by atoms with E-state index in [9.17, 15) is 4.79 Å². The second-order valence-electron chi connectivity index (χ2n) is 2.67. The minimum absolute atomic E-state index is 0.0571. The SMILES string of the molecule is C=CC(N)c1cc(C(=O)O)cnc1Cl. The molecule has 1 rings (SSSR count). The van der Waals surface area contributed by atoms with E-state index in [-0.39, 0.29) is 10.7 Å². The molecular weight excluding hydrogens is 204 g/mol. The third-order valence-electron chi connectivity index (χ3n) is 1.73. The van der Waals surface area contributed by atoms with Crippen molar-refractivity contribution in [3.63, 3.8) is 0 Å². The summed E-state index contributed by atoms with van der Waals surface area (Å²) in [5.74, 6) is -1.06. The maximum absolute atomic E-state index is 10.6. The normalized spacial score (nSPS) is 12.1. The van der Waals surface area contributed by atoms with Crippen LogP contribution in [0.3, 0.4) is 0 Å². The number of carboxylic acid groups (broad SMARTS) is 1. The molecule has 0 aliphatic rings. The van der Waals surface area contributed by atoms with Crippen molar-refractivity contribution in [1.29, 1.82) is 0 Å². The smallest absolute Gasteiger partial charge is 0.337 e. The molecule has 0 spiro atoms. The lowest BCUT2D eigenvalue weighted by molar-refractivity contribution is 0.0696. The van der Waals surface area contributed by atoms with Crippen LogP contribution in [0.2, 0.25) is 5.15 Å². The van der Waals surface area contributed by atoms with Gasteiger partial charge in [0.1, 0.15) is 5.15 Å². The quantitative estimate of drug-likeness (QED) is 0.590. The highest BCUT2D eigenvalue weighted by molar-refractivity contribution is 6.30. The van der Waals surface area contributed by atoms with Gasteiger partial charge in [-0.05, 0) is 6.07 Å². The van der Waals surface area contributed by atoms with E-state index in [0.717, 1.165) is 0 Å². The van der Waals surface area contributed by atoms with Crippen LogP contribution in [0.5, 0.6) is 0 Å². The molecule has 0 fully saturated rings. The van der Waals surface area contributed by atoms with Crippen molar-refractivity contribution in [2.24, 2.45) is 5.73 Å². The molecule has 14 heavy (non-hydrogen) atoms. The van der Waals surface area contributed by atoms with Crippen LogP contribution in [-0.2, 0) is 0 Å². The first-order valence-corrected chi connectivity index (χ1v) is 4.21. The summed E-state index contributed by atoms with van der Waals surface area (Å²) >= 11 is 5.74. The molecule has 0 amide bonds. The second kappa shape index (κ2) is 4.21. The molecule has 1 heterocycles. The van der Waals surface area contributed by atoms with E-state index < -0.39 is 12.0 Å². The molecule has 0 aliphatic carbocycles. The third-order valence-corrected chi connectivity index (χ3v) is 2.04. The van der Waals surface area contributed by atoms with Gasteiger partial charge in [-0.1, -0.05) is 17.7 Å². The van der Waals surface area contributed by atoms with Crippen LogP contribution in [0.15, 0.2) is 24.9 Å². The van der Waals surface area contributed by atoms with E-state index in [1.54, 1.807) is 0 Å². The van der Waals surface area contributed by atoms with E-state index >= 15 is 0 Å². The Morgan fingerprint density at radius 3 is 2.93 bits per heavy atom. The number of aromatic nitrogens is 1. The highest BCUT2D eigenvalue weighted by Gasteiger charge is 2.12. The number of pyridine rings is 1. The van der Waals surface area contributed by atoms with Gasteiger partial charge in [0.25, 0.3) is 0 Å². The number of hydrogen-bond donors (Lipinski definition) is 2. The molecule has 3 N–H and O–H groups in total. The van der Waals surface area contributed by atoms with Gasteiger partial charge < -0.3 is 10.8 Å².